The number of nitrogen functional groups attached to an aromatic ring is 1. The monoisotopic (exact) mass is 253 g/mol. The van der Waals surface area contributed by atoms with Crippen molar-refractivity contribution in [3.05, 3.63) is 5.69 Å². The van der Waals surface area contributed by atoms with E-state index < -0.39 is 0 Å². The number of rotatable bonds is 5. The SMILES string of the molecule is CCn1nc(C)c(N)c1NCCN1CCOCC1. The van der Waals surface area contributed by atoms with Crippen LogP contribution in [0.2, 0.25) is 0 Å². The maximum Gasteiger partial charge on any atom is 0.148 e. The van der Waals surface area contributed by atoms with Gasteiger partial charge in [-0.15, -0.1) is 0 Å². The normalized spacial score (nSPS) is 17.0. The standard InChI is InChI=1S/C12H23N5O/c1-3-17-12(11(13)10(2)15-17)14-4-5-16-6-8-18-9-7-16/h14H,3-9,13H2,1-2H3. The van der Waals surface area contributed by atoms with Crippen molar-refractivity contribution < 1.29 is 4.74 Å². The third kappa shape index (κ3) is 2.94. The van der Waals surface area contributed by atoms with E-state index in [-0.39, 0.29) is 0 Å². The summed E-state index contributed by atoms with van der Waals surface area (Å²) in [6.07, 6.45) is 0. The first-order valence-corrected chi connectivity index (χ1v) is 6.59. The molecular weight excluding hydrogens is 230 g/mol. The van der Waals surface area contributed by atoms with Crippen molar-refractivity contribution in [2.75, 3.05) is 50.4 Å². The minimum absolute atomic E-state index is 0.763. The van der Waals surface area contributed by atoms with E-state index in [4.69, 9.17) is 10.5 Å². The molecule has 1 aromatic rings. The van der Waals surface area contributed by atoms with Crippen LogP contribution in [0.4, 0.5) is 11.5 Å². The molecule has 0 aliphatic carbocycles. The lowest BCUT2D eigenvalue weighted by Gasteiger charge is -2.26. The van der Waals surface area contributed by atoms with Crippen LogP contribution >= 0.6 is 0 Å². The van der Waals surface area contributed by atoms with Gasteiger partial charge in [0.05, 0.1) is 24.6 Å². The van der Waals surface area contributed by atoms with Crippen molar-refractivity contribution in [2.24, 2.45) is 0 Å². The molecule has 1 fully saturated rings. The number of morpholine rings is 1. The van der Waals surface area contributed by atoms with Gasteiger partial charge in [0.15, 0.2) is 0 Å². The predicted molar refractivity (Wildman–Crippen MR) is 72.8 cm³/mol. The fraction of sp³-hybridized carbons (Fsp3) is 0.750. The zero-order valence-electron chi connectivity index (χ0n) is 11.3. The second-order valence-electron chi connectivity index (χ2n) is 4.54. The van der Waals surface area contributed by atoms with Crippen LogP contribution < -0.4 is 11.1 Å². The van der Waals surface area contributed by atoms with Crippen LogP contribution in [0.25, 0.3) is 0 Å². The van der Waals surface area contributed by atoms with Crippen molar-refractivity contribution >= 4 is 11.5 Å². The van der Waals surface area contributed by atoms with Gasteiger partial charge in [-0.05, 0) is 13.8 Å². The van der Waals surface area contributed by atoms with Gasteiger partial charge in [-0.1, -0.05) is 0 Å². The van der Waals surface area contributed by atoms with Crippen molar-refractivity contribution in [1.82, 2.24) is 14.7 Å². The summed E-state index contributed by atoms with van der Waals surface area (Å²) in [4.78, 5) is 2.40. The molecule has 0 amide bonds. The summed E-state index contributed by atoms with van der Waals surface area (Å²) in [6, 6.07) is 0. The molecule has 0 spiro atoms. The molecule has 1 aliphatic heterocycles. The summed E-state index contributed by atoms with van der Waals surface area (Å²) in [6.45, 7) is 10.5. The summed E-state index contributed by atoms with van der Waals surface area (Å²) in [5.41, 5.74) is 7.68. The van der Waals surface area contributed by atoms with Crippen molar-refractivity contribution in [1.29, 1.82) is 0 Å². The van der Waals surface area contributed by atoms with Crippen molar-refractivity contribution in [3.63, 3.8) is 0 Å². The molecule has 18 heavy (non-hydrogen) atoms. The smallest absolute Gasteiger partial charge is 0.148 e. The number of nitrogens with zero attached hydrogens (tertiary/aromatic N) is 3. The molecule has 3 N–H and O–H groups in total. The first-order valence-electron chi connectivity index (χ1n) is 6.59. The summed E-state index contributed by atoms with van der Waals surface area (Å²) in [7, 11) is 0. The Bertz CT molecular complexity index is 384. The Hall–Kier alpha value is -1.27. The maximum atomic E-state index is 6.02. The van der Waals surface area contributed by atoms with Crippen LogP contribution in [0.1, 0.15) is 12.6 Å². The minimum Gasteiger partial charge on any atom is -0.394 e. The molecule has 0 radical (unpaired) electrons. The van der Waals surface area contributed by atoms with Gasteiger partial charge in [-0.2, -0.15) is 5.10 Å². The van der Waals surface area contributed by atoms with Crippen LogP contribution in [0, 0.1) is 6.92 Å². The molecule has 0 unspecified atom stereocenters. The number of ether oxygens (including phenoxy) is 1. The van der Waals surface area contributed by atoms with Gasteiger partial charge in [0.2, 0.25) is 0 Å². The highest BCUT2D eigenvalue weighted by molar-refractivity contribution is 5.64. The third-order valence-electron chi connectivity index (χ3n) is 3.30. The molecule has 0 saturated carbocycles. The molecule has 0 bridgehead atoms. The lowest BCUT2D eigenvalue weighted by Crippen LogP contribution is -2.39. The van der Waals surface area contributed by atoms with Crippen LogP contribution in [-0.2, 0) is 11.3 Å². The van der Waals surface area contributed by atoms with E-state index in [0.717, 1.165) is 63.1 Å². The second-order valence-corrected chi connectivity index (χ2v) is 4.54. The van der Waals surface area contributed by atoms with Gasteiger partial charge in [0, 0.05) is 32.7 Å². The fourth-order valence-electron chi connectivity index (χ4n) is 2.17. The summed E-state index contributed by atoms with van der Waals surface area (Å²) < 4.78 is 7.25. The van der Waals surface area contributed by atoms with E-state index in [1.54, 1.807) is 0 Å². The highest BCUT2D eigenvalue weighted by atomic mass is 16.5. The zero-order chi connectivity index (χ0) is 13.0. The molecule has 6 heteroatoms. The average molecular weight is 253 g/mol. The Morgan fingerprint density at radius 3 is 2.78 bits per heavy atom. The fourth-order valence-corrected chi connectivity index (χ4v) is 2.17. The summed E-state index contributed by atoms with van der Waals surface area (Å²) in [5, 5.41) is 7.78. The van der Waals surface area contributed by atoms with Crippen LogP contribution in [0.5, 0.6) is 0 Å². The Labute approximate surface area is 108 Å². The quantitative estimate of drug-likeness (QED) is 0.801. The molecule has 0 aromatic carbocycles. The number of aromatic nitrogens is 2. The molecule has 1 aliphatic rings. The highest BCUT2D eigenvalue weighted by Crippen LogP contribution is 2.21. The number of hydrogen-bond acceptors (Lipinski definition) is 5. The van der Waals surface area contributed by atoms with E-state index in [1.165, 1.54) is 0 Å². The van der Waals surface area contributed by atoms with E-state index in [1.807, 2.05) is 11.6 Å². The van der Waals surface area contributed by atoms with Crippen LogP contribution in [0.3, 0.4) is 0 Å². The molecule has 0 atom stereocenters. The Balaban J connectivity index is 1.85. The van der Waals surface area contributed by atoms with Gasteiger partial charge in [0.1, 0.15) is 5.82 Å². The first-order chi connectivity index (χ1) is 8.72. The molecule has 102 valence electrons. The number of anilines is 2. The molecule has 1 aromatic heterocycles. The molecule has 2 heterocycles. The topological polar surface area (TPSA) is 68.3 Å². The van der Waals surface area contributed by atoms with Crippen LogP contribution in [0.15, 0.2) is 0 Å². The Kier molecular flexibility index (Phi) is 4.43. The Morgan fingerprint density at radius 2 is 2.11 bits per heavy atom. The van der Waals surface area contributed by atoms with Gasteiger partial charge < -0.3 is 15.8 Å². The predicted octanol–water partition coefficient (Wildman–Crippen LogP) is 0.538. The first kappa shape index (κ1) is 13.2. The number of hydrogen-bond donors (Lipinski definition) is 2. The van der Waals surface area contributed by atoms with E-state index in [2.05, 4.69) is 22.2 Å². The minimum atomic E-state index is 0.763. The van der Waals surface area contributed by atoms with Gasteiger partial charge in [0.25, 0.3) is 0 Å². The third-order valence-corrected chi connectivity index (χ3v) is 3.30. The summed E-state index contributed by atoms with van der Waals surface area (Å²) in [5.74, 6) is 0.947. The average Bonchev–Trinajstić information content (AvgIpc) is 2.67. The zero-order valence-corrected chi connectivity index (χ0v) is 11.3. The largest absolute Gasteiger partial charge is 0.394 e. The lowest BCUT2D eigenvalue weighted by molar-refractivity contribution is 0.0398. The second kappa shape index (κ2) is 6.06. The number of aryl methyl sites for hydroxylation is 2. The van der Waals surface area contributed by atoms with Crippen molar-refractivity contribution in [3.8, 4) is 0 Å². The number of nitrogens with two attached hydrogens (primary N) is 1. The van der Waals surface area contributed by atoms with E-state index in [0.29, 0.717) is 0 Å². The molecule has 1 saturated heterocycles. The number of nitrogens with one attached hydrogen (secondary N) is 1. The molecular formula is C12H23N5O. The Morgan fingerprint density at radius 1 is 1.39 bits per heavy atom. The maximum absolute atomic E-state index is 6.02. The summed E-state index contributed by atoms with van der Waals surface area (Å²) >= 11 is 0. The van der Waals surface area contributed by atoms with E-state index >= 15 is 0 Å². The van der Waals surface area contributed by atoms with Crippen LogP contribution in [-0.4, -0.2) is 54.1 Å². The molecule has 6 nitrogen and oxygen atoms in total. The van der Waals surface area contributed by atoms with Gasteiger partial charge in [-0.3, -0.25) is 4.90 Å². The molecule has 2 rings (SSSR count). The van der Waals surface area contributed by atoms with E-state index in [9.17, 15) is 0 Å². The highest BCUT2D eigenvalue weighted by Gasteiger charge is 2.12. The lowest BCUT2D eigenvalue weighted by atomic mass is 10.3. The van der Waals surface area contributed by atoms with Crippen molar-refractivity contribution in [2.45, 2.75) is 20.4 Å². The van der Waals surface area contributed by atoms with Gasteiger partial charge in [-0.25, -0.2) is 4.68 Å². The van der Waals surface area contributed by atoms with Gasteiger partial charge >= 0.3 is 0 Å².